The molecule has 0 spiro atoms. The summed E-state index contributed by atoms with van der Waals surface area (Å²) in [6, 6.07) is 34.3. The van der Waals surface area contributed by atoms with Gasteiger partial charge in [0.15, 0.2) is 0 Å². The third-order valence-electron chi connectivity index (χ3n) is 4.51. The van der Waals surface area contributed by atoms with Gasteiger partial charge < -0.3 is 5.32 Å². The first kappa shape index (κ1) is 16.5. The van der Waals surface area contributed by atoms with E-state index in [1.807, 2.05) is 41.7 Å². The Morgan fingerprint density at radius 3 is 1.74 bits per heavy atom. The highest BCUT2D eigenvalue weighted by Crippen LogP contribution is 2.49. The zero-order valence-corrected chi connectivity index (χ0v) is 16.2. The lowest BCUT2D eigenvalue weighted by atomic mass is 10.1. The van der Waals surface area contributed by atoms with Crippen LogP contribution in [0.2, 0.25) is 0 Å². The summed E-state index contributed by atoms with van der Waals surface area (Å²) in [5.74, 6) is 0. The largest absolute Gasteiger partial charge is 0.356 e. The lowest BCUT2D eigenvalue weighted by Gasteiger charge is -2.19. The molecule has 1 heterocycles. The van der Waals surface area contributed by atoms with Crippen molar-refractivity contribution < 1.29 is 0 Å². The van der Waals surface area contributed by atoms with E-state index in [9.17, 15) is 0 Å². The van der Waals surface area contributed by atoms with E-state index in [4.69, 9.17) is 0 Å². The zero-order valence-electron chi connectivity index (χ0n) is 14.6. The van der Waals surface area contributed by atoms with Gasteiger partial charge in [0, 0.05) is 31.0 Å². The molecule has 0 unspecified atom stereocenters. The van der Waals surface area contributed by atoms with Crippen molar-refractivity contribution in [2.75, 3.05) is 5.32 Å². The Labute approximate surface area is 167 Å². The first-order valence-corrected chi connectivity index (χ1v) is 10.5. The lowest BCUT2D eigenvalue weighted by molar-refractivity contribution is 1.16. The van der Waals surface area contributed by atoms with Crippen LogP contribution in [0, 0.1) is 0 Å². The van der Waals surface area contributed by atoms with Crippen molar-refractivity contribution in [1.82, 2.24) is 0 Å². The van der Waals surface area contributed by atoms with E-state index in [-0.39, 0.29) is 0 Å². The molecule has 3 heteroatoms. The van der Waals surface area contributed by atoms with Crippen LogP contribution in [-0.2, 0) is 0 Å². The number of fused-ring (bicyclic) bond motifs is 2. The quantitative estimate of drug-likeness (QED) is 0.342. The second-order valence-corrected chi connectivity index (χ2v) is 8.55. The molecular formula is C24H17NS2. The Bertz CT molecular complexity index is 1090. The number of rotatable bonds is 3. The minimum atomic E-state index is 1.10. The zero-order chi connectivity index (χ0) is 18.1. The van der Waals surface area contributed by atoms with E-state index < -0.39 is 0 Å². The first-order chi connectivity index (χ1) is 13.3. The molecule has 0 aromatic heterocycles. The summed E-state index contributed by atoms with van der Waals surface area (Å²) in [6.07, 6.45) is 0. The average molecular weight is 384 g/mol. The van der Waals surface area contributed by atoms with Crippen LogP contribution in [0.1, 0.15) is 0 Å². The van der Waals surface area contributed by atoms with Crippen molar-refractivity contribution >= 4 is 34.9 Å². The van der Waals surface area contributed by atoms with Crippen molar-refractivity contribution in [2.24, 2.45) is 0 Å². The molecule has 0 amide bonds. The second-order valence-electron chi connectivity index (χ2n) is 6.38. The molecule has 0 bridgehead atoms. The molecule has 1 nitrogen and oxygen atoms in total. The standard InChI is InChI=1S/C24H17NS2/c1-2-6-19(7-3-1)25-20-13-10-17(11-14-20)18-12-15-23-24(16-18)27-22-9-5-4-8-21(22)26-23/h1-16,25H. The fraction of sp³-hybridized carbons (Fsp3) is 0. The van der Waals surface area contributed by atoms with Gasteiger partial charge in [-0.3, -0.25) is 0 Å². The molecule has 0 saturated carbocycles. The molecule has 0 aliphatic carbocycles. The average Bonchev–Trinajstić information content (AvgIpc) is 2.73. The summed E-state index contributed by atoms with van der Waals surface area (Å²) >= 11 is 3.72. The fourth-order valence-corrected chi connectivity index (χ4v) is 5.40. The maximum Gasteiger partial charge on any atom is 0.0384 e. The topological polar surface area (TPSA) is 12.0 Å². The van der Waals surface area contributed by atoms with Crippen LogP contribution in [0.25, 0.3) is 11.1 Å². The van der Waals surface area contributed by atoms with Gasteiger partial charge in [0.25, 0.3) is 0 Å². The second kappa shape index (κ2) is 7.18. The fourth-order valence-electron chi connectivity index (χ4n) is 3.14. The molecule has 0 saturated heterocycles. The smallest absolute Gasteiger partial charge is 0.0384 e. The Kier molecular flexibility index (Phi) is 4.40. The first-order valence-electron chi connectivity index (χ1n) is 8.86. The van der Waals surface area contributed by atoms with Crippen LogP contribution in [-0.4, -0.2) is 0 Å². The van der Waals surface area contributed by atoms with E-state index in [0.717, 1.165) is 11.4 Å². The number of hydrogen-bond donors (Lipinski definition) is 1. The Morgan fingerprint density at radius 2 is 1.00 bits per heavy atom. The van der Waals surface area contributed by atoms with Crippen molar-refractivity contribution in [2.45, 2.75) is 19.6 Å². The number of para-hydroxylation sites is 1. The predicted molar refractivity (Wildman–Crippen MR) is 116 cm³/mol. The molecule has 1 aliphatic rings. The van der Waals surface area contributed by atoms with E-state index in [0.29, 0.717) is 0 Å². The Hall–Kier alpha value is -2.62. The normalized spacial score (nSPS) is 12.1. The number of hydrogen-bond acceptors (Lipinski definition) is 3. The van der Waals surface area contributed by atoms with E-state index in [1.165, 1.54) is 30.7 Å². The molecule has 1 aliphatic heterocycles. The van der Waals surface area contributed by atoms with Crippen molar-refractivity contribution in [3.63, 3.8) is 0 Å². The van der Waals surface area contributed by atoms with E-state index >= 15 is 0 Å². The van der Waals surface area contributed by atoms with Crippen LogP contribution >= 0.6 is 23.5 Å². The highest BCUT2D eigenvalue weighted by atomic mass is 32.2. The van der Waals surface area contributed by atoms with Gasteiger partial charge in [-0.2, -0.15) is 0 Å². The van der Waals surface area contributed by atoms with Crippen molar-refractivity contribution in [3.8, 4) is 11.1 Å². The van der Waals surface area contributed by atoms with Crippen LogP contribution in [0.3, 0.4) is 0 Å². The van der Waals surface area contributed by atoms with E-state index in [2.05, 4.69) is 84.2 Å². The van der Waals surface area contributed by atoms with Gasteiger partial charge in [-0.1, -0.05) is 72.1 Å². The SMILES string of the molecule is c1ccc(Nc2ccc(-c3ccc4c(c3)Sc3ccccc3S4)cc2)cc1. The van der Waals surface area contributed by atoms with E-state index in [1.54, 1.807) is 0 Å². The Balaban J connectivity index is 1.39. The van der Waals surface area contributed by atoms with Crippen LogP contribution in [0.5, 0.6) is 0 Å². The van der Waals surface area contributed by atoms with Gasteiger partial charge in [0.2, 0.25) is 0 Å². The summed E-state index contributed by atoms with van der Waals surface area (Å²) < 4.78 is 0. The number of anilines is 2. The monoisotopic (exact) mass is 383 g/mol. The molecule has 0 radical (unpaired) electrons. The minimum absolute atomic E-state index is 1.10. The third-order valence-corrected chi connectivity index (χ3v) is 7.06. The highest BCUT2D eigenvalue weighted by molar-refractivity contribution is 8.05. The molecule has 4 aromatic carbocycles. The van der Waals surface area contributed by atoms with Gasteiger partial charge in [-0.15, -0.1) is 0 Å². The molecule has 0 atom stereocenters. The van der Waals surface area contributed by atoms with Gasteiger partial charge in [-0.25, -0.2) is 0 Å². The highest BCUT2D eigenvalue weighted by Gasteiger charge is 2.17. The van der Waals surface area contributed by atoms with Gasteiger partial charge in [0.05, 0.1) is 0 Å². The number of benzene rings is 4. The summed E-state index contributed by atoms with van der Waals surface area (Å²) in [4.78, 5) is 5.36. The van der Waals surface area contributed by atoms with Gasteiger partial charge in [-0.05, 0) is 59.7 Å². The van der Waals surface area contributed by atoms with Crippen LogP contribution < -0.4 is 5.32 Å². The summed E-state index contributed by atoms with van der Waals surface area (Å²) in [7, 11) is 0. The van der Waals surface area contributed by atoms with Crippen molar-refractivity contribution in [1.29, 1.82) is 0 Å². The minimum Gasteiger partial charge on any atom is -0.356 e. The molecule has 27 heavy (non-hydrogen) atoms. The molecular weight excluding hydrogens is 366 g/mol. The summed E-state index contributed by atoms with van der Waals surface area (Å²) in [6.45, 7) is 0. The van der Waals surface area contributed by atoms with Crippen LogP contribution in [0.4, 0.5) is 11.4 Å². The maximum atomic E-state index is 3.44. The maximum absolute atomic E-state index is 3.44. The predicted octanol–water partition coefficient (Wildman–Crippen LogP) is 7.71. The van der Waals surface area contributed by atoms with Crippen molar-refractivity contribution in [3.05, 3.63) is 97.1 Å². The van der Waals surface area contributed by atoms with Crippen LogP contribution in [0.15, 0.2) is 117 Å². The number of nitrogens with one attached hydrogen (secondary N) is 1. The Morgan fingerprint density at radius 1 is 0.444 bits per heavy atom. The lowest BCUT2D eigenvalue weighted by Crippen LogP contribution is -1.91. The van der Waals surface area contributed by atoms with Gasteiger partial charge >= 0.3 is 0 Å². The molecule has 4 aromatic rings. The molecule has 0 fully saturated rings. The summed E-state index contributed by atoms with van der Waals surface area (Å²) in [5, 5.41) is 3.44. The molecule has 1 N–H and O–H groups in total. The third kappa shape index (κ3) is 3.48. The van der Waals surface area contributed by atoms with Gasteiger partial charge in [0.1, 0.15) is 0 Å². The molecule has 130 valence electrons. The molecule has 5 rings (SSSR count). The summed E-state index contributed by atoms with van der Waals surface area (Å²) in [5.41, 5.74) is 4.70.